The van der Waals surface area contributed by atoms with Crippen LogP contribution in [0.5, 0.6) is 0 Å². The van der Waals surface area contributed by atoms with E-state index in [1.165, 1.54) is 0 Å². The van der Waals surface area contributed by atoms with Crippen molar-refractivity contribution in [3.63, 3.8) is 0 Å². The fourth-order valence-corrected chi connectivity index (χ4v) is 4.32. The number of nitrogens with two attached hydrogens (primary N) is 1. The van der Waals surface area contributed by atoms with Crippen molar-refractivity contribution in [2.75, 3.05) is 5.73 Å². The number of sulfone groups is 1. The fourth-order valence-electron chi connectivity index (χ4n) is 1.63. The molecule has 100 valence electrons. The molecule has 0 bridgehead atoms. The highest BCUT2D eigenvalue weighted by atomic mass is 79.9. The van der Waals surface area contributed by atoms with Crippen molar-refractivity contribution < 1.29 is 8.42 Å². The van der Waals surface area contributed by atoms with Crippen LogP contribution < -0.4 is 5.73 Å². The zero-order valence-electron chi connectivity index (χ0n) is 9.81. The van der Waals surface area contributed by atoms with E-state index in [0.29, 0.717) is 20.6 Å². The maximum atomic E-state index is 12.3. The Bertz CT molecular complexity index is 714. The molecule has 0 aliphatic rings. The van der Waals surface area contributed by atoms with Crippen molar-refractivity contribution in [3.05, 3.63) is 57.0 Å². The predicted molar refractivity (Wildman–Crippen MR) is 83.6 cm³/mol. The summed E-state index contributed by atoms with van der Waals surface area (Å²) in [7, 11) is -3.37. The van der Waals surface area contributed by atoms with Crippen LogP contribution in [-0.4, -0.2) is 8.42 Å². The summed E-state index contributed by atoms with van der Waals surface area (Å²) in [5.74, 6) is -0.0652. The number of halogens is 2. The molecule has 0 saturated heterocycles. The quantitative estimate of drug-likeness (QED) is 0.792. The van der Waals surface area contributed by atoms with E-state index in [1.54, 1.807) is 42.5 Å². The summed E-state index contributed by atoms with van der Waals surface area (Å²) < 4.78 is 26.1. The van der Waals surface area contributed by atoms with E-state index in [0.717, 1.165) is 4.47 Å². The third-order valence-electron chi connectivity index (χ3n) is 2.58. The van der Waals surface area contributed by atoms with E-state index < -0.39 is 9.84 Å². The average molecular weight is 405 g/mol. The Morgan fingerprint density at radius 1 is 1.05 bits per heavy atom. The van der Waals surface area contributed by atoms with Crippen molar-refractivity contribution >= 4 is 47.4 Å². The molecule has 0 aliphatic heterocycles. The molecule has 0 spiro atoms. The second kappa shape index (κ2) is 5.64. The van der Waals surface area contributed by atoms with Gasteiger partial charge in [0.05, 0.1) is 10.6 Å². The monoisotopic (exact) mass is 403 g/mol. The molecular weight excluding hydrogens is 394 g/mol. The van der Waals surface area contributed by atoms with Crippen LogP contribution >= 0.6 is 31.9 Å². The zero-order chi connectivity index (χ0) is 14.0. The van der Waals surface area contributed by atoms with Crippen molar-refractivity contribution in [2.24, 2.45) is 0 Å². The number of hydrogen-bond acceptors (Lipinski definition) is 3. The van der Waals surface area contributed by atoms with Gasteiger partial charge in [-0.25, -0.2) is 8.42 Å². The topological polar surface area (TPSA) is 60.2 Å². The molecule has 2 rings (SSSR count). The number of rotatable bonds is 3. The second-order valence-electron chi connectivity index (χ2n) is 4.07. The molecule has 0 unspecified atom stereocenters. The Morgan fingerprint density at radius 3 is 2.42 bits per heavy atom. The van der Waals surface area contributed by atoms with Crippen LogP contribution in [0, 0.1) is 0 Å². The maximum absolute atomic E-state index is 12.3. The third-order valence-corrected chi connectivity index (χ3v) is 5.47. The smallest absolute Gasteiger partial charge is 0.182 e. The summed E-state index contributed by atoms with van der Waals surface area (Å²) in [6, 6.07) is 11.8. The zero-order valence-corrected chi connectivity index (χ0v) is 13.8. The normalized spacial score (nSPS) is 11.5. The first-order valence-corrected chi connectivity index (χ1v) is 8.64. The van der Waals surface area contributed by atoms with Gasteiger partial charge >= 0.3 is 0 Å². The van der Waals surface area contributed by atoms with Gasteiger partial charge in [0.25, 0.3) is 0 Å². The Kier molecular flexibility index (Phi) is 4.32. The van der Waals surface area contributed by atoms with Gasteiger partial charge < -0.3 is 5.73 Å². The van der Waals surface area contributed by atoms with Crippen LogP contribution in [0.1, 0.15) is 5.56 Å². The van der Waals surface area contributed by atoms with E-state index in [4.69, 9.17) is 5.73 Å². The summed E-state index contributed by atoms with van der Waals surface area (Å²) in [6.45, 7) is 0. The number of hydrogen-bond donors (Lipinski definition) is 1. The van der Waals surface area contributed by atoms with Crippen molar-refractivity contribution in [1.29, 1.82) is 0 Å². The summed E-state index contributed by atoms with van der Waals surface area (Å²) >= 11 is 6.61. The molecule has 2 aromatic rings. The number of nitrogen functional groups attached to an aromatic ring is 1. The molecule has 0 heterocycles. The molecule has 0 fully saturated rings. The fraction of sp³-hybridized carbons (Fsp3) is 0.0769. The summed E-state index contributed by atoms with van der Waals surface area (Å²) in [5.41, 5.74) is 6.92. The van der Waals surface area contributed by atoms with Gasteiger partial charge in [-0.05, 0) is 35.9 Å². The van der Waals surface area contributed by atoms with Crippen LogP contribution in [0.25, 0.3) is 0 Å². The van der Waals surface area contributed by atoms with Gasteiger partial charge in [-0.15, -0.1) is 0 Å². The lowest BCUT2D eigenvalue weighted by molar-refractivity contribution is 0.595. The van der Waals surface area contributed by atoms with Crippen LogP contribution in [-0.2, 0) is 15.6 Å². The van der Waals surface area contributed by atoms with Crippen molar-refractivity contribution in [3.8, 4) is 0 Å². The number of benzene rings is 2. The highest BCUT2D eigenvalue weighted by Gasteiger charge is 2.17. The van der Waals surface area contributed by atoms with E-state index in [-0.39, 0.29) is 5.75 Å². The van der Waals surface area contributed by atoms with E-state index in [1.807, 2.05) is 0 Å². The maximum Gasteiger partial charge on any atom is 0.182 e. The van der Waals surface area contributed by atoms with Crippen LogP contribution in [0.3, 0.4) is 0 Å². The first-order valence-electron chi connectivity index (χ1n) is 5.41. The highest BCUT2D eigenvalue weighted by molar-refractivity contribution is 9.10. The molecule has 3 nitrogen and oxygen atoms in total. The molecule has 0 atom stereocenters. The molecule has 6 heteroatoms. The highest BCUT2D eigenvalue weighted by Crippen LogP contribution is 2.25. The lowest BCUT2D eigenvalue weighted by Gasteiger charge is -2.07. The minimum absolute atomic E-state index is 0.0652. The molecule has 0 saturated carbocycles. The molecule has 0 amide bonds. The standard InChI is InChI=1S/C13H11Br2NO2S/c14-10-2-1-3-12(6-10)19(17,18)8-9-4-5-11(16)7-13(9)15/h1-7H,8,16H2. The SMILES string of the molecule is Nc1ccc(CS(=O)(=O)c2cccc(Br)c2)c(Br)c1. The Labute approximate surface area is 129 Å². The third kappa shape index (κ3) is 3.58. The van der Waals surface area contributed by atoms with E-state index in [2.05, 4.69) is 31.9 Å². The molecule has 0 radical (unpaired) electrons. The van der Waals surface area contributed by atoms with Gasteiger partial charge in [-0.1, -0.05) is 44.0 Å². The summed E-state index contributed by atoms with van der Waals surface area (Å²) in [6.07, 6.45) is 0. The summed E-state index contributed by atoms with van der Waals surface area (Å²) in [4.78, 5) is 0.297. The number of anilines is 1. The molecule has 2 N–H and O–H groups in total. The molecule has 2 aromatic carbocycles. The van der Waals surface area contributed by atoms with Crippen LogP contribution in [0.2, 0.25) is 0 Å². The second-order valence-corrected chi connectivity index (χ2v) is 7.83. The molecular formula is C13H11Br2NO2S. The Balaban J connectivity index is 2.36. The van der Waals surface area contributed by atoms with Gasteiger partial charge in [0.15, 0.2) is 9.84 Å². The summed E-state index contributed by atoms with van der Waals surface area (Å²) in [5, 5.41) is 0. The van der Waals surface area contributed by atoms with Gasteiger partial charge in [0, 0.05) is 14.6 Å². The molecule has 19 heavy (non-hydrogen) atoms. The first-order chi connectivity index (χ1) is 8.88. The lowest BCUT2D eigenvalue weighted by atomic mass is 10.2. The van der Waals surface area contributed by atoms with Crippen molar-refractivity contribution in [2.45, 2.75) is 10.6 Å². The Morgan fingerprint density at radius 2 is 1.79 bits per heavy atom. The minimum Gasteiger partial charge on any atom is -0.399 e. The lowest BCUT2D eigenvalue weighted by Crippen LogP contribution is -2.05. The Hall–Kier alpha value is -0.850. The van der Waals surface area contributed by atoms with Gasteiger partial charge in [-0.3, -0.25) is 0 Å². The predicted octanol–water partition coefficient (Wildman–Crippen LogP) is 3.77. The van der Waals surface area contributed by atoms with Gasteiger partial charge in [0.2, 0.25) is 0 Å². The van der Waals surface area contributed by atoms with Gasteiger partial charge in [0.1, 0.15) is 0 Å². The van der Waals surface area contributed by atoms with E-state index in [9.17, 15) is 8.42 Å². The molecule has 0 aromatic heterocycles. The minimum atomic E-state index is -3.37. The first kappa shape index (κ1) is 14.6. The molecule has 0 aliphatic carbocycles. The largest absolute Gasteiger partial charge is 0.399 e. The van der Waals surface area contributed by atoms with Crippen molar-refractivity contribution in [1.82, 2.24) is 0 Å². The van der Waals surface area contributed by atoms with Gasteiger partial charge in [-0.2, -0.15) is 0 Å². The average Bonchev–Trinajstić information content (AvgIpc) is 2.33. The van der Waals surface area contributed by atoms with Crippen LogP contribution in [0.4, 0.5) is 5.69 Å². The van der Waals surface area contributed by atoms with Crippen LogP contribution in [0.15, 0.2) is 56.3 Å². The van der Waals surface area contributed by atoms with E-state index >= 15 is 0 Å².